The van der Waals surface area contributed by atoms with Crippen LogP contribution in [0, 0.1) is 0 Å². The third kappa shape index (κ3) is 6.85. The summed E-state index contributed by atoms with van der Waals surface area (Å²) in [6.45, 7) is 9.32. The van der Waals surface area contributed by atoms with Gasteiger partial charge >= 0.3 is 0 Å². The van der Waals surface area contributed by atoms with Crippen molar-refractivity contribution in [3.05, 3.63) is 125 Å². The van der Waals surface area contributed by atoms with E-state index < -0.39 is 0 Å². The zero-order valence-electron chi connectivity index (χ0n) is 27.0. The van der Waals surface area contributed by atoms with Gasteiger partial charge in [0, 0.05) is 31.3 Å². The Balaban J connectivity index is 1.49. The van der Waals surface area contributed by atoms with Gasteiger partial charge in [0.2, 0.25) is 5.76 Å². The van der Waals surface area contributed by atoms with Crippen LogP contribution in [0.4, 0.5) is 0 Å². The number of benzene rings is 4. The van der Waals surface area contributed by atoms with Crippen LogP contribution >= 0.6 is 0 Å². The summed E-state index contributed by atoms with van der Waals surface area (Å²) in [4.78, 5) is 15.7. The first-order valence-electron chi connectivity index (χ1n) is 16.0. The predicted molar refractivity (Wildman–Crippen MR) is 181 cm³/mol. The molecule has 0 bridgehead atoms. The lowest BCUT2D eigenvalue weighted by Gasteiger charge is -2.25. The number of carbonyl (C=O) groups excluding carboxylic acids is 1. The van der Waals surface area contributed by atoms with Gasteiger partial charge in [0.1, 0.15) is 30.4 Å². The molecule has 6 rings (SSSR count). The van der Waals surface area contributed by atoms with E-state index >= 15 is 0 Å². The Morgan fingerprint density at radius 3 is 2.22 bits per heavy atom. The highest BCUT2D eigenvalue weighted by molar-refractivity contribution is 6.02. The van der Waals surface area contributed by atoms with Gasteiger partial charge in [-0.1, -0.05) is 97.9 Å². The molecule has 1 N–H and O–H groups in total. The zero-order chi connectivity index (χ0) is 32.0. The number of rotatable bonds is 11. The van der Waals surface area contributed by atoms with Gasteiger partial charge in [0.25, 0.3) is 5.91 Å². The molecular weight excluding hydrogens is 574 g/mol. The molecule has 0 atom stereocenters. The molecule has 1 amide bonds. The molecule has 1 aliphatic rings. The van der Waals surface area contributed by atoms with Crippen LogP contribution in [0.1, 0.15) is 65.1 Å². The maximum Gasteiger partial charge on any atom is 0.290 e. The molecule has 0 spiro atoms. The van der Waals surface area contributed by atoms with Crippen molar-refractivity contribution in [1.82, 2.24) is 15.4 Å². The molecule has 0 saturated carbocycles. The van der Waals surface area contributed by atoms with Crippen LogP contribution < -0.4 is 14.8 Å². The summed E-state index contributed by atoms with van der Waals surface area (Å²) in [7, 11) is 2.14. The highest BCUT2D eigenvalue weighted by Gasteiger charge is 2.29. The Labute approximate surface area is 271 Å². The quantitative estimate of drug-likeness (QED) is 0.162. The number of nitrogens with zero attached hydrogens (tertiary/aromatic N) is 2. The van der Waals surface area contributed by atoms with Crippen molar-refractivity contribution >= 4 is 5.91 Å². The Morgan fingerprint density at radius 2 is 1.57 bits per heavy atom. The van der Waals surface area contributed by atoms with Crippen molar-refractivity contribution < 1.29 is 18.8 Å². The monoisotopic (exact) mass is 615 g/mol. The molecule has 0 aliphatic carbocycles. The van der Waals surface area contributed by atoms with E-state index in [1.54, 1.807) is 0 Å². The van der Waals surface area contributed by atoms with Crippen LogP contribution in [-0.2, 0) is 26.2 Å². The first-order chi connectivity index (χ1) is 22.4. The van der Waals surface area contributed by atoms with E-state index in [1.807, 2.05) is 61.5 Å². The van der Waals surface area contributed by atoms with E-state index in [1.165, 1.54) is 11.1 Å². The summed E-state index contributed by atoms with van der Waals surface area (Å²) in [5.41, 5.74) is 8.57. The number of likely N-dealkylation sites (N-methyl/N-ethyl adjacent to an activating group) is 1. The van der Waals surface area contributed by atoms with Crippen LogP contribution in [0.2, 0.25) is 0 Å². The molecule has 2 heterocycles. The van der Waals surface area contributed by atoms with Crippen molar-refractivity contribution in [2.45, 2.75) is 52.9 Å². The smallest absolute Gasteiger partial charge is 0.290 e. The first kappa shape index (κ1) is 31.1. The lowest BCUT2D eigenvalue weighted by Crippen LogP contribution is -2.26. The molecule has 0 saturated heterocycles. The molecule has 7 nitrogen and oxygen atoms in total. The van der Waals surface area contributed by atoms with E-state index in [9.17, 15) is 4.79 Å². The summed E-state index contributed by atoms with van der Waals surface area (Å²) in [6.07, 6.45) is 0.938. The van der Waals surface area contributed by atoms with Crippen molar-refractivity contribution in [3.8, 4) is 33.9 Å². The van der Waals surface area contributed by atoms with Gasteiger partial charge in [-0.3, -0.25) is 4.79 Å². The highest BCUT2D eigenvalue weighted by atomic mass is 16.5. The van der Waals surface area contributed by atoms with Crippen molar-refractivity contribution in [2.24, 2.45) is 0 Å². The number of nitrogens with one attached hydrogen (secondary N) is 1. The lowest BCUT2D eigenvalue weighted by atomic mass is 9.91. The van der Waals surface area contributed by atoms with Crippen molar-refractivity contribution in [1.29, 1.82) is 0 Å². The van der Waals surface area contributed by atoms with Gasteiger partial charge in [0.15, 0.2) is 0 Å². The molecule has 4 aromatic carbocycles. The van der Waals surface area contributed by atoms with Crippen LogP contribution in [0.15, 0.2) is 95.5 Å². The molecule has 0 radical (unpaired) electrons. The minimum Gasteiger partial charge on any atom is -0.488 e. The summed E-state index contributed by atoms with van der Waals surface area (Å²) in [5, 5.41) is 7.47. The van der Waals surface area contributed by atoms with Gasteiger partial charge in [0.05, 0.1) is 5.56 Å². The number of aromatic nitrogens is 1. The van der Waals surface area contributed by atoms with Crippen molar-refractivity contribution in [3.63, 3.8) is 0 Å². The Bertz CT molecular complexity index is 1800. The maximum absolute atomic E-state index is 13.4. The second-order valence-corrected chi connectivity index (χ2v) is 12.2. The molecule has 1 aliphatic heterocycles. The lowest BCUT2D eigenvalue weighted by molar-refractivity contribution is 0.0920. The fourth-order valence-corrected chi connectivity index (χ4v) is 5.92. The third-order valence-corrected chi connectivity index (χ3v) is 8.40. The summed E-state index contributed by atoms with van der Waals surface area (Å²) >= 11 is 0. The Morgan fingerprint density at radius 1 is 0.891 bits per heavy atom. The van der Waals surface area contributed by atoms with E-state index in [4.69, 9.17) is 14.0 Å². The summed E-state index contributed by atoms with van der Waals surface area (Å²) in [5.74, 6) is 1.39. The number of carbonyl (C=O) groups is 1. The first-order valence-corrected chi connectivity index (χ1v) is 16.0. The predicted octanol–water partition coefficient (Wildman–Crippen LogP) is 8.03. The third-order valence-electron chi connectivity index (χ3n) is 8.40. The number of fused-ring (bicyclic) bond motifs is 1. The molecule has 5 aromatic rings. The average molecular weight is 616 g/mol. The molecule has 0 fully saturated rings. The molecule has 1 aromatic heterocycles. The number of ether oxygens (including phenoxy) is 2. The molecule has 236 valence electrons. The Hall–Kier alpha value is -4.88. The van der Waals surface area contributed by atoms with Gasteiger partial charge in [-0.05, 0) is 65.8 Å². The van der Waals surface area contributed by atoms with Crippen LogP contribution in [0.5, 0.6) is 11.5 Å². The molecule has 7 heteroatoms. The topological polar surface area (TPSA) is 76.8 Å². The van der Waals surface area contributed by atoms with E-state index in [-0.39, 0.29) is 17.6 Å². The maximum atomic E-state index is 13.4. The number of hydrogen-bond donors (Lipinski definition) is 1. The number of amides is 1. The fourth-order valence-electron chi connectivity index (χ4n) is 5.92. The molecule has 46 heavy (non-hydrogen) atoms. The Kier molecular flexibility index (Phi) is 9.50. The van der Waals surface area contributed by atoms with Crippen molar-refractivity contribution in [2.75, 3.05) is 20.1 Å². The van der Waals surface area contributed by atoms with Gasteiger partial charge in [-0.25, -0.2) is 0 Å². The van der Waals surface area contributed by atoms with Gasteiger partial charge < -0.3 is 24.2 Å². The average Bonchev–Trinajstić information content (AvgIpc) is 3.52. The van der Waals surface area contributed by atoms with E-state index in [2.05, 4.69) is 72.7 Å². The SMILES string of the molecule is CCNC(=O)c1onc(-c2cc(C(C)C)c(OCc3ccccc3)cc2OCc2ccccc2)c1-c1ccc2c(c1)CCN(C)C2. The molecular formula is C39H41N3O4. The standard InChI is InChI=1S/C39H41N3O4/c1-5-40-39(43)38-36(30-16-17-31-23-42(4)19-18-29(31)20-30)37(41-46-38)33-21-32(26(2)3)34(44-24-27-12-8-6-9-13-27)22-35(33)45-25-28-14-10-7-11-15-28/h6-17,20-22,26H,5,18-19,23-25H2,1-4H3,(H,40,43). The van der Waals surface area contributed by atoms with Gasteiger partial charge in [-0.2, -0.15) is 0 Å². The van der Waals surface area contributed by atoms with Crippen LogP contribution in [-0.4, -0.2) is 36.1 Å². The van der Waals surface area contributed by atoms with E-state index in [0.29, 0.717) is 36.8 Å². The largest absolute Gasteiger partial charge is 0.488 e. The minimum absolute atomic E-state index is 0.145. The van der Waals surface area contributed by atoms with Gasteiger partial charge in [-0.15, -0.1) is 0 Å². The minimum atomic E-state index is -0.299. The second kappa shape index (κ2) is 14.0. The van der Waals surface area contributed by atoms with E-state index in [0.717, 1.165) is 53.1 Å². The van der Waals surface area contributed by atoms with Crippen LogP contribution in [0.25, 0.3) is 22.4 Å². The zero-order valence-corrected chi connectivity index (χ0v) is 27.0. The fraction of sp³-hybridized carbons (Fsp3) is 0.282. The summed E-state index contributed by atoms with van der Waals surface area (Å²) in [6, 6.07) is 30.6. The highest BCUT2D eigenvalue weighted by Crippen LogP contribution is 2.44. The molecule has 0 unspecified atom stereocenters. The number of hydrogen-bond acceptors (Lipinski definition) is 6. The summed E-state index contributed by atoms with van der Waals surface area (Å²) < 4.78 is 18.9. The normalized spacial score (nSPS) is 13.0. The van der Waals surface area contributed by atoms with Crippen LogP contribution in [0.3, 0.4) is 0 Å². The second-order valence-electron chi connectivity index (χ2n) is 12.2.